The highest BCUT2D eigenvalue weighted by atomic mass is 35.5. The van der Waals surface area contributed by atoms with Gasteiger partial charge in [0.2, 0.25) is 5.89 Å². The molecule has 0 saturated heterocycles. The monoisotopic (exact) mass is 315 g/mol. The number of benzene rings is 2. The van der Waals surface area contributed by atoms with Crippen molar-refractivity contribution in [2.75, 3.05) is 5.32 Å². The average molecular weight is 316 g/mol. The smallest absolute Gasteiger partial charge is 0.253 e. The first-order chi connectivity index (χ1) is 10.8. The number of nitrogens with zero attached hydrogens (tertiary/aromatic N) is 2. The normalized spacial score (nSPS) is 10.4. The van der Waals surface area contributed by atoms with Gasteiger partial charge in [0.05, 0.1) is 17.3 Å². The third kappa shape index (κ3) is 3.77. The van der Waals surface area contributed by atoms with E-state index in [1.165, 1.54) is 0 Å². The van der Waals surface area contributed by atoms with Crippen molar-refractivity contribution >= 4 is 17.3 Å². The lowest BCUT2D eigenvalue weighted by Gasteiger charge is -2.05. The molecule has 3 aromatic rings. The van der Waals surface area contributed by atoms with Crippen molar-refractivity contribution in [3.05, 3.63) is 71.4 Å². The van der Waals surface area contributed by atoms with Gasteiger partial charge in [-0.05, 0) is 24.3 Å². The fourth-order valence-electron chi connectivity index (χ4n) is 1.86. The molecule has 1 heterocycles. The van der Waals surface area contributed by atoms with Gasteiger partial charge in [0.15, 0.2) is 6.61 Å². The standard InChI is InChI=1S/C16H14ClN3O2/c17-13-8-4-5-9-14(13)18-10-15-19-20-16(22-15)11-21-12-6-2-1-3-7-12/h1-9,18H,10-11H2. The van der Waals surface area contributed by atoms with E-state index in [9.17, 15) is 0 Å². The fourth-order valence-corrected chi connectivity index (χ4v) is 2.06. The first-order valence-electron chi connectivity index (χ1n) is 6.79. The summed E-state index contributed by atoms with van der Waals surface area (Å²) in [6.45, 7) is 0.644. The van der Waals surface area contributed by atoms with Gasteiger partial charge in [0, 0.05) is 0 Å². The summed E-state index contributed by atoms with van der Waals surface area (Å²) in [6.07, 6.45) is 0. The average Bonchev–Trinajstić information content (AvgIpc) is 3.01. The second-order valence-electron chi connectivity index (χ2n) is 4.52. The Balaban J connectivity index is 1.54. The summed E-state index contributed by atoms with van der Waals surface area (Å²) in [5, 5.41) is 11.7. The molecule has 0 amide bonds. The summed E-state index contributed by atoms with van der Waals surface area (Å²) in [7, 11) is 0. The maximum atomic E-state index is 6.06. The number of para-hydroxylation sites is 2. The van der Waals surface area contributed by atoms with Crippen LogP contribution in [-0.4, -0.2) is 10.2 Å². The van der Waals surface area contributed by atoms with Crippen LogP contribution in [0.3, 0.4) is 0 Å². The van der Waals surface area contributed by atoms with Crippen LogP contribution in [0.5, 0.6) is 5.75 Å². The maximum absolute atomic E-state index is 6.06. The first kappa shape index (κ1) is 14.4. The molecule has 0 radical (unpaired) electrons. The van der Waals surface area contributed by atoms with Crippen molar-refractivity contribution in [3.8, 4) is 5.75 Å². The van der Waals surface area contributed by atoms with E-state index >= 15 is 0 Å². The Morgan fingerprint density at radius 3 is 2.50 bits per heavy atom. The van der Waals surface area contributed by atoms with Gasteiger partial charge in [-0.15, -0.1) is 10.2 Å². The van der Waals surface area contributed by atoms with E-state index in [1.54, 1.807) is 0 Å². The van der Waals surface area contributed by atoms with Crippen molar-refractivity contribution in [3.63, 3.8) is 0 Å². The molecule has 3 rings (SSSR count). The summed E-state index contributed by atoms with van der Waals surface area (Å²) in [5.74, 6) is 1.67. The van der Waals surface area contributed by atoms with Gasteiger partial charge in [-0.2, -0.15) is 0 Å². The summed E-state index contributed by atoms with van der Waals surface area (Å²) >= 11 is 6.06. The minimum Gasteiger partial charge on any atom is -0.484 e. The number of ether oxygens (including phenoxy) is 1. The third-order valence-electron chi connectivity index (χ3n) is 2.92. The molecule has 0 bridgehead atoms. The number of halogens is 1. The van der Waals surface area contributed by atoms with E-state index in [0.29, 0.717) is 23.3 Å². The van der Waals surface area contributed by atoms with Crippen LogP contribution in [0.25, 0.3) is 0 Å². The Kier molecular flexibility index (Phi) is 4.56. The minimum atomic E-state index is 0.239. The van der Waals surface area contributed by atoms with Gasteiger partial charge in [-0.1, -0.05) is 41.9 Å². The van der Waals surface area contributed by atoms with E-state index in [-0.39, 0.29) is 6.61 Å². The quantitative estimate of drug-likeness (QED) is 0.747. The largest absolute Gasteiger partial charge is 0.484 e. The Morgan fingerprint density at radius 2 is 1.68 bits per heavy atom. The van der Waals surface area contributed by atoms with Crippen LogP contribution in [-0.2, 0) is 13.2 Å². The molecule has 0 unspecified atom stereocenters. The van der Waals surface area contributed by atoms with Crippen LogP contribution in [0.15, 0.2) is 59.0 Å². The summed E-state index contributed by atoms with van der Waals surface area (Å²) in [5.41, 5.74) is 0.824. The molecule has 0 atom stereocenters. The summed E-state index contributed by atoms with van der Waals surface area (Å²) in [6, 6.07) is 17.0. The zero-order valence-corrected chi connectivity index (χ0v) is 12.5. The van der Waals surface area contributed by atoms with E-state index in [0.717, 1.165) is 11.4 Å². The number of aromatic nitrogens is 2. The van der Waals surface area contributed by atoms with E-state index in [1.807, 2.05) is 54.6 Å². The molecule has 2 aromatic carbocycles. The molecular weight excluding hydrogens is 302 g/mol. The zero-order valence-electron chi connectivity index (χ0n) is 11.7. The van der Waals surface area contributed by atoms with E-state index in [2.05, 4.69) is 15.5 Å². The number of rotatable bonds is 6. The molecule has 112 valence electrons. The van der Waals surface area contributed by atoms with Crippen molar-refractivity contribution in [1.82, 2.24) is 10.2 Å². The van der Waals surface area contributed by atoms with Gasteiger partial charge in [0.25, 0.3) is 5.89 Å². The second kappa shape index (κ2) is 6.95. The molecule has 0 fully saturated rings. The lowest BCUT2D eigenvalue weighted by atomic mass is 10.3. The fraction of sp³-hybridized carbons (Fsp3) is 0.125. The van der Waals surface area contributed by atoms with Crippen LogP contribution < -0.4 is 10.1 Å². The van der Waals surface area contributed by atoms with Crippen molar-refractivity contribution < 1.29 is 9.15 Å². The summed E-state index contributed by atoms with van der Waals surface area (Å²) in [4.78, 5) is 0. The van der Waals surface area contributed by atoms with Crippen LogP contribution in [0.2, 0.25) is 5.02 Å². The number of nitrogens with one attached hydrogen (secondary N) is 1. The van der Waals surface area contributed by atoms with Crippen molar-refractivity contribution in [2.45, 2.75) is 13.2 Å². The van der Waals surface area contributed by atoms with Crippen molar-refractivity contribution in [2.24, 2.45) is 0 Å². The topological polar surface area (TPSA) is 60.2 Å². The van der Waals surface area contributed by atoms with Crippen LogP contribution >= 0.6 is 11.6 Å². The predicted octanol–water partition coefficient (Wildman–Crippen LogP) is 3.91. The van der Waals surface area contributed by atoms with Crippen LogP contribution in [0.1, 0.15) is 11.8 Å². The van der Waals surface area contributed by atoms with Gasteiger partial charge < -0.3 is 14.5 Å². The Labute approximate surface area is 132 Å². The van der Waals surface area contributed by atoms with E-state index in [4.69, 9.17) is 20.8 Å². The van der Waals surface area contributed by atoms with Gasteiger partial charge in [-0.3, -0.25) is 0 Å². The lowest BCUT2D eigenvalue weighted by molar-refractivity contribution is 0.259. The number of anilines is 1. The van der Waals surface area contributed by atoms with Crippen LogP contribution in [0, 0.1) is 0 Å². The number of hydrogen-bond donors (Lipinski definition) is 1. The third-order valence-corrected chi connectivity index (χ3v) is 3.25. The molecule has 0 aliphatic carbocycles. The summed E-state index contributed by atoms with van der Waals surface area (Å²) < 4.78 is 11.1. The molecule has 22 heavy (non-hydrogen) atoms. The molecule has 0 spiro atoms. The maximum Gasteiger partial charge on any atom is 0.253 e. The van der Waals surface area contributed by atoms with Gasteiger partial charge in [0.1, 0.15) is 5.75 Å². The Hall–Kier alpha value is -2.53. The lowest BCUT2D eigenvalue weighted by Crippen LogP contribution is -2.00. The highest BCUT2D eigenvalue weighted by molar-refractivity contribution is 6.33. The zero-order chi connectivity index (χ0) is 15.2. The molecule has 5 nitrogen and oxygen atoms in total. The molecule has 0 aliphatic heterocycles. The van der Waals surface area contributed by atoms with E-state index < -0.39 is 0 Å². The molecule has 1 N–H and O–H groups in total. The predicted molar refractivity (Wildman–Crippen MR) is 83.9 cm³/mol. The Morgan fingerprint density at radius 1 is 0.955 bits per heavy atom. The van der Waals surface area contributed by atoms with Gasteiger partial charge in [-0.25, -0.2) is 0 Å². The first-order valence-corrected chi connectivity index (χ1v) is 7.16. The van der Waals surface area contributed by atoms with Crippen molar-refractivity contribution in [1.29, 1.82) is 0 Å². The molecule has 0 saturated carbocycles. The van der Waals surface area contributed by atoms with Gasteiger partial charge >= 0.3 is 0 Å². The molecule has 0 aliphatic rings. The highest BCUT2D eigenvalue weighted by Gasteiger charge is 2.07. The molecule has 1 aromatic heterocycles. The molecular formula is C16H14ClN3O2. The molecule has 6 heteroatoms. The number of hydrogen-bond acceptors (Lipinski definition) is 5. The highest BCUT2D eigenvalue weighted by Crippen LogP contribution is 2.21. The van der Waals surface area contributed by atoms with Crippen LogP contribution in [0.4, 0.5) is 5.69 Å². The minimum absolute atomic E-state index is 0.239. The SMILES string of the molecule is Clc1ccccc1NCc1nnc(COc2ccccc2)o1. The second-order valence-corrected chi connectivity index (χ2v) is 4.93. The Bertz CT molecular complexity index is 731.